The molecule has 3 N–H and O–H groups in total. The highest BCUT2D eigenvalue weighted by Crippen LogP contribution is 2.34. The Kier molecular flexibility index (Phi) is 5.98. The van der Waals surface area contributed by atoms with Crippen LogP contribution < -0.4 is 0 Å². The van der Waals surface area contributed by atoms with E-state index in [1.165, 1.54) is 0 Å². The lowest BCUT2D eigenvalue weighted by atomic mass is 9.97. The van der Waals surface area contributed by atoms with Gasteiger partial charge in [-0.25, -0.2) is 26.6 Å². The van der Waals surface area contributed by atoms with Gasteiger partial charge in [-0.15, -0.1) is 5.10 Å². The first kappa shape index (κ1) is 21.7. The van der Waals surface area contributed by atoms with Crippen molar-refractivity contribution < 1.29 is 50.8 Å². The third-order valence-corrected chi connectivity index (χ3v) is 5.09. The SMILES string of the molecule is O=S([O-])[C@H]1OC(CO)[C@H](O)[C@H](n2cc(-c3c(F)c(F)c(F)c(F)c3F)nn2)C1O. The number of halogens is 5. The van der Waals surface area contributed by atoms with Gasteiger partial charge in [0.2, 0.25) is 5.82 Å². The van der Waals surface area contributed by atoms with Gasteiger partial charge < -0.3 is 24.6 Å². The van der Waals surface area contributed by atoms with Gasteiger partial charge in [0.15, 0.2) is 23.3 Å². The standard InChI is InChI=1S/C14H12F5N3O6S/c15-6-5(7(16)9(18)10(19)8(6)17)3-1-22(21-20-3)11-12(24)4(2-23)28-14(13(11)25)29(26)27/h1,4,11-14,23-25H,2H2,(H,26,27)/p-1/t4?,11-,12-,13?,14+/m0/s1. The number of aromatic nitrogens is 3. The predicted octanol–water partition coefficient (Wildman–Crippen LogP) is -0.500. The molecule has 2 heterocycles. The first-order chi connectivity index (χ1) is 13.6. The molecule has 1 fully saturated rings. The lowest BCUT2D eigenvalue weighted by Gasteiger charge is -2.42. The number of benzene rings is 1. The molecule has 1 aromatic carbocycles. The normalized spacial score (nSPS) is 28.5. The summed E-state index contributed by atoms with van der Waals surface area (Å²) in [7, 11) is 0. The summed E-state index contributed by atoms with van der Waals surface area (Å²) in [6, 6.07) is -1.65. The van der Waals surface area contributed by atoms with Crippen molar-refractivity contribution in [3.8, 4) is 11.3 Å². The Balaban J connectivity index is 2.07. The van der Waals surface area contributed by atoms with Gasteiger partial charge in [-0.2, -0.15) is 0 Å². The number of aliphatic hydroxyl groups excluding tert-OH is 3. The molecule has 1 saturated heterocycles. The molecule has 2 aromatic rings. The molecule has 9 nitrogen and oxygen atoms in total. The summed E-state index contributed by atoms with van der Waals surface area (Å²) < 4.78 is 95.8. The van der Waals surface area contributed by atoms with Gasteiger partial charge >= 0.3 is 0 Å². The third-order valence-electron chi connectivity index (χ3n) is 4.32. The summed E-state index contributed by atoms with van der Waals surface area (Å²) in [5.41, 5.74) is -4.17. The molecule has 3 rings (SSSR count). The van der Waals surface area contributed by atoms with Gasteiger partial charge in [0.05, 0.1) is 18.4 Å². The Labute approximate surface area is 160 Å². The van der Waals surface area contributed by atoms with Gasteiger partial charge in [-0.3, -0.25) is 4.21 Å². The molecular formula is C14H11F5N3O6S-. The molecule has 1 aliphatic rings. The molecule has 0 saturated carbocycles. The number of nitrogens with zero attached hydrogens (tertiary/aromatic N) is 3. The van der Waals surface area contributed by atoms with Crippen LogP contribution in [0.15, 0.2) is 6.20 Å². The fourth-order valence-corrected chi connectivity index (χ4v) is 3.53. The van der Waals surface area contributed by atoms with Crippen LogP contribution in [0.4, 0.5) is 22.0 Å². The lowest BCUT2D eigenvalue weighted by Crippen LogP contribution is -2.57. The topological polar surface area (TPSA) is 141 Å². The summed E-state index contributed by atoms with van der Waals surface area (Å²) in [6.45, 7) is -0.864. The number of aliphatic hydroxyl groups is 3. The fraction of sp³-hybridized carbons (Fsp3) is 0.429. The molecule has 160 valence electrons. The highest BCUT2D eigenvalue weighted by Gasteiger charge is 2.46. The minimum atomic E-state index is -3.03. The summed E-state index contributed by atoms with van der Waals surface area (Å²) in [6.07, 6.45) is -4.59. The Morgan fingerprint density at radius 3 is 2.14 bits per heavy atom. The van der Waals surface area contributed by atoms with Crippen LogP contribution in [0.3, 0.4) is 0 Å². The predicted molar refractivity (Wildman–Crippen MR) is 81.0 cm³/mol. The van der Waals surface area contributed by atoms with E-state index in [2.05, 4.69) is 10.3 Å². The van der Waals surface area contributed by atoms with Crippen molar-refractivity contribution in [1.29, 1.82) is 0 Å². The first-order valence-electron chi connectivity index (χ1n) is 7.74. The Hall–Kier alpha value is -2.04. The summed E-state index contributed by atoms with van der Waals surface area (Å²) in [5, 5.41) is 36.3. The molecular weight excluding hydrogens is 433 g/mol. The van der Waals surface area contributed by atoms with Gasteiger partial charge in [0.25, 0.3) is 0 Å². The summed E-state index contributed by atoms with van der Waals surface area (Å²) in [4.78, 5) is 0. The second-order valence-corrected chi connectivity index (χ2v) is 6.97. The highest BCUT2D eigenvalue weighted by molar-refractivity contribution is 7.79. The minimum absolute atomic E-state index is 0.577. The van der Waals surface area contributed by atoms with Crippen LogP contribution in [0.5, 0.6) is 0 Å². The van der Waals surface area contributed by atoms with Crippen molar-refractivity contribution in [2.45, 2.75) is 29.8 Å². The zero-order valence-corrected chi connectivity index (χ0v) is 14.7. The van der Waals surface area contributed by atoms with Gasteiger partial charge in [-0.05, 0) is 11.1 Å². The fourth-order valence-electron chi connectivity index (χ4n) is 2.91. The number of hydrogen-bond donors (Lipinski definition) is 3. The number of hydrogen-bond acceptors (Lipinski definition) is 8. The van der Waals surface area contributed by atoms with E-state index in [1.807, 2.05) is 0 Å². The van der Waals surface area contributed by atoms with E-state index in [4.69, 9.17) is 4.74 Å². The maximum absolute atomic E-state index is 13.9. The van der Waals surface area contributed by atoms with Crippen molar-refractivity contribution in [3.05, 3.63) is 35.3 Å². The highest BCUT2D eigenvalue weighted by atomic mass is 32.2. The van der Waals surface area contributed by atoms with Crippen LogP contribution in [0.2, 0.25) is 0 Å². The molecule has 0 aliphatic carbocycles. The van der Waals surface area contributed by atoms with Crippen molar-refractivity contribution >= 4 is 11.1 Å². The van der Waals surface area contributed by atoms with Crippen molar-refractivity contribution in [2.24, 2.45) is 0 Å². The van der Waals surface area contributed by atoms with Crippen molar-refractivity contribution in [3.63, 3.8) is 0 Å². The van der Waals surface area contributed by atoms with Crippen LogP contribution in [0.25, 0.3) is 11.3 Å². The number of rotatable bonds is 4. The minimum Gasteiger partial charge on any atom is -0.770 e. The van der Waals surface area contributed by atoms with Crippen LogP contribution in [-0.2, 0) is 15.8 Å². The second-order valence-electron chi connectivity index (χ2n) is 5.99. The Bertz CT molecular complexity index is 933. The van der Waals surface area contributed by atoms with E-state index in [0.717, 1.165) is 0 Å². The molecule has 6 atom stereocenters. The molecule has 0 amide bonds. The molecule has 1 aliphatic heterocycles. The van der Waals surface area contributed by atoms with Crippen LogP contribution >= 0.6 is 0 Å². The quantitative estimate of drug-likeness (QED) is 0.248. The number of ether oxygens (including phenoxy) is 1. The summed E-state index contributed by atoms with van der Waals surface area (Å²) >= 11 is -3.03. The van der Waals surface area contributed by atoms with Crippen molar-refractivity contribution in [1.82, 2.24) is 15.0 Å². The van der Waals surface area contributed by atoms with Crippen LogP contribution in [0, 0.1) is 29.1 Å². The Morgan fingerprint density at radius 2 is 1.62 bits per heavy atom. The zero-order chi connectivity index (χ0) is 21.6. The molecule has 0 spiro atoms. The Morgan fingerprint density at radius 1 is 1.07 bits per heavy atom. The van der Waals surface area contributed by atoms with E-state index in [0.29, 0.717) is 10.9 Å². The molecule has 0 radical (unpaired) electrons. The monoisotopic (exact) mass is 444 g/mol. The molecule has 29 heavy (non-hydrogen) atoms. The average Bonchev–Trinajstić information content (AvgIpc) is 3.14. The van der Waals surface area contributed by atoms with Crippen molar-refractivity contribution in [2.75, 3.05) is 6.61 Å². The molecule has 15 heteroatoms. The van der Waals surface area contributed by atoms with E-state index >= 15 is 0 Å². The molecule has 3 unspecified atom stereocenters. The second kappa shape index (κ2) is 8.00. The van der Waals surface area contributed by atoms with Gasteiger partial charge in [-0.1, -0.05) is 5.21 Å². The van der Waals surface area contributed by atoms with E-state index in [1.54, 1.807) is 0 Å². The molecule has 0 bridgehead atoms. The smallest absolute Gasteiger partial charge is 0.200 e. The maximum Gasteiger partial charge on any atom is 0.200 e. The maximum atomic E-state index is 13.9. The summed E-state index contributed by atoms with van der Waals surface area (Å²) in [5.74, 6) is -11.2. The van der Waals surface area contributed by atoms with Gasteiger partial charge in [0, 0.05) is 0 Å². The largest absolute Gasteiger partial charge is 0.770 e. The van der Waals surface area contributed by atoms with Crippen LogP contribution in [-0.4, -0.2) is 69.4 Å². The first-order valence-corrected chi connectivity index (χ1v) is 8.88. The third kappa shape index (κ3) is 3.53. The van der Waals surface area contributed by atoms with Gasteiger partial charge in [0.1, 0.15) is 35.5 Å². The van der Waals surface area contributed by atoms with E-state index in [9.17, 15) is 46.0 Å². The lowest BCUT2D eigenvalue weighted by molar-refractivity contribution is -0.181. The van der Waals surface area contributed by atoms with Crippen LogP contribution in [0.1, 0.15) is 6.04 Å². The zero-order valence-electron chi connectivity index (χ0n) is 13.9. The van der Waals surface area contributed by atoms with E-state index in [-0.39, 0.29) is 0 Å². The average molecular weight is 444 g/mol. The molecule has 1 aromatic heterocycles. The van der Waals surface area contributed by atoms with E-state index < -0.39 is 87.8 Å².